The summed E-state index contributed by atoms with van der Waals surface area (Å²) in [5.41, 5.74) is 1.81. The predicted molar refractivity (Wildman–Crippen MR) is 86.9 cm³/mol. The van der Waals surface area contributed by atoms with Crippen molar-refractivity contribution in [1.82, 2.24) is 20.4 Å². The Hall–Kier alpha value is -3.28. The lowest BCUT2D eigenvalue weighted by molar-refractivity contribution is 0.467. The molecular formula is C18H14N4O2. The molecule has 0 saturated heterocycles. The number of nitrogens with zero attached hydrogens (tertiary/aromatic N) is 4. The molecule has 4 rings (SSSR count). The van der Waals surface area contributed by atoms with Crippen molar-refractivity contribution < 1.29 is 8.83 Å². The number of aromatic nitrogens is 4. The Morgan fingerprint density at radius 1 is 0.542 bits per heavy atom. The van der Waals surface area contributed by atoms with Gasteiger partial charge in [0.25, 0.3) is 0 Å². The molecule has 0 unspecified atom stereocenters. The molecule has 0 fully saturated rings. The van der Waals surface area contributed by atoms with E-state index in [1.807, 2.05) is 60.7 Å². The zero-order chi connectivity index (χ0) is 16.2. The number of hydrogen-bond donors (Lipinski definition) is 0. The summed E-state index contributed by atoms with van der Waals surface area (Å²) < 4.78 is 11.3. The van der Waals surface area contributed by atoms with Crippen LogP contribution in [0, 0.1) is 0 Å². The summed E-state index contributed by atoms with van der Waals surface area (Å²) in [6, 6.07) is 19.4. The van der Waals surface area contributed by atoms with Crippen LogP contribution in [0.1, 0.15) is 11.8 Å². The van der Waals surface area contributed by atoms with Crippen LogP contribution < -0.4 is 0 Å². The van der Waals surface area contributed by atoms with Crippen molar-refractivity contribution in [3.63, 3.8) is 0 Å². The first-order valence-electron chi connectivity index (χ1n) is 7.64. The molecule has 0 aliphatic carbocycles. The van der Waals surface area contributed by atoms with Gasteiger partial charge in [-0.05, 0) is 24.3 Å². The summed E-state index contributed by atoms with van der Waals surface area (Å²) in [6.45, 7) is 0. The summed E-state index contributed by atoms with van der Waals surface area (Å²) in [5, 5.41) is 16.3. The van der Waals surface area contributed by atoms with Crippen molar-refractivity contribution >= 4 is 0 Å². The van der Waals surface area contributed by atoms with Gasteiger partial charge in [-0.15, -0.1) is 20.4 Å². The zero-order valence-electron chi connectivity index (χ0n) is 12.8. The van der Waals surface area contributed by atoms with E-state index in [-0.39, 0.29) is 0 Å². The van der Waals surface area contributed by atoms with E-state index in [9.17, 15) is 0 Å². The maximum Gasteiger partial charge on any atom is 0.247 e. The highest BCUT2D eigenvalue weighted by Crippen LogP contribution is 2.19. The highest BCUT2D eigenvalue weighted by Gasteiger charge is 2.12. The minimum Gasteiger partial charge on any atom is -0.421 e. The van der Waals surface area contributed by atoms with Gasteiger partial charge < -0.3 is 8.83 Å². The number of hydrogen-bond acceptors (Lipinski definition) is 6. The third-order valence-electron chi connectivity index (χ3n) is 3.53. The zero-order valence-corrected chi connectivity index (χ0v) is 12.8. The number of rotatable bonds is 5. The standard InChI is InChI=1S/C18H14N4O2/c1-3-7-13(8-4-1)17-21-19-15(23-17)11-12-16-20-22-18(24-16)14-9-5-2-6-10-14/h1-10H,11-12H2. The SMILES string of the molecule is c1ccc(-c2nnc(CCc3nnc(-c4ccccc4)o3)o2)cc1. The summed E-state index contributed by atoms with van der Waals surface area (Å²) in [7, 11) is 0. The van der Waals surface area contributed by atoms with Crippen molar-refractivity contribution in [1.29, 1.82) is 0 Å². The molecule has 4 aromatic rings. The Bertz CT molecular complexity index is 839. The Morgan fingerprint density at radius 2 is 0.958 bits per heavy atom. The fourth-order valence-corrected chi connectivity index (χ4v) is 2.32. The van der Waals surface area contributed by atoms with Crippen molar-refractivity contribution in [2.45, 2.75) is 12.8 Å². The second-order valence-electron chi connectivity index (χ2n) is 5.23. The molecule has 2 aromatic carbocycles. The minimum atomic E-state index is 0.515. The van der Waals surface area contributed by atoms with Crippen molar-refractivity contribution in [2.24, 2.45) is 0 Å². The molecular weight excluding hydrogens is 304 g/mol. The van der Waals surface area contributed by atoms with Crippen LogP contribution in [-0.4, -0.2) is 20.4 Å². The Morgan fingerprint density at radius 3 is 1.38 bits per heavy atom. The molecule has 0 amide bonds. The third kappa shape index (κ3) is 3.08. The Labute approximate surface area is 138 Å². The largest absolute Gasteiger partial charge is 0.421 e. The van der Waals surface area contributed by atoms with Crippen molar-refractivity contribution in [3.8, 4) is 22.9 Å². The normalized spacial score (nSPS) is 10.8. The molecule has 0 N–H and O–H groups in total. The molecule has 24 heavy (non-hydrogen) atoms. The van der Waals surface area contributed by atoms with Gasteiger partial charge in [-0.25, -0.2) is 0 Å². The molecule has 6 heteroatoms. The second-order valence-corrected chi connectivity index (χ2v) is 5.23. The second kappa shape index (κ2) is 6.45. The van der Waals surface area contributed by atoms with E-state index in [0.29, 0.717) is 36.4 Å². The first-order valence-corrected chi connectivity index (χ1v) is 7.64. The van der Waals surface area contributed by atoms with Crippen molar-refractivity contribution in [3.05, 3.63) is 72.4 Å². The molecule has 0 radical (unpaired) electrons. The van der Waals surface area contributed by atoms with Gasteiger partial charge in [-0.2, -0.15) is 0 Å². The first kappa shape index (κ1) is 14.3. The molecule has 0 spiro atoms. The summed E-state index contributed by atoms with van der Waals surface area (Å²) in [6.07, 6.45) is 1.10. The topological polar surface area (TPSA) is 77.8 Å². The minimum absolute atomic E-state index is 0.515. The van der Waals surface area contributed by atoms with E-state index in [4.69, 9.17) is 8.83 Å². The average Bonchev–Trinajstić information content (AvgIpc) is 3.31. The van der Waals surface area contributed by atoms with Crippen LogP contribution in [0.2, 0.25) is 0 Å². The highest BCUT2D eigenvalue weighted by atomic mass is 16.4. The maximum atomic E-state index is 5.67. The maximum absolute atomic E-state index is 5.67. The van der Waals surface area contributed by atoms with Crippen LogP contribution in [0.5, 0.6) is 0 Å². The van der Waals surface area contributed by atoms with Crippen LogP contribution >= 0.6 is 0 Å². The highest BCUT2D eigenvalue weighted by molar-refractivity contribution is 5.52. The fraction of sp³-hybridized carbons (Fsp3) is 0.111. The van der Waals surface area contributed by atoms with Gasteiger partial charge in [0, 0.05) is 24.0 Å². The van der Waals surface area contributed by atoms with Gasteiger partial charge in [-0.1, -0.05) is 36.4 Å². The number of benzene rings is 2. The lowest BCUT2D eigenvalue weighted by atomic mass is 10.2. The van der Waals surface area contributed by atoms with Gasteiger partial charge in [0.15, 0.2) is 0 Å². The van der Waals surface area contributed by atoms with Crippen LogP contribution in [-0.2, 0) is 12.8 Å². The Kier molecular flexibility index (Phi) is 3.85. The van der Waals surface area contributed by atoms with Gasteiger partial charge in [-0.3, -0.25) is 0 Å². The van der Waals surface area contributed by atoms with Gasteiger partial charge in [0.2, 0.25) is 23.6 Å². The van der Waals surface area contributed by atoms with Gasteiger partial charge >= 0.3 is 0 Å². The molecule has 0 bridgehead atoms. The van der Waals surface area contributed by atoms with Crippen LogP contribution in [0.4, 0.5) is 0 Å². The Balaban J connectivity index is 1.43. The van der Waals surface area contributed by atoms with E-state index >= 15 is 0 Å². The predicted octanol–water partition coefficient (Wildman–Crippen LogP) is 3.57. The van der Waals surface area contributed by atoms with Crippen LogP contribution in [0.3, 0.4) is 0 Å². The monoisotopic (exact) mass is 318 g/mol. The molecule has 6 nitrogen and oxygen atoms in total. The van der Waals surface area contributed by atoms with Crippen LogP contribution in [0.15, 0.2) is 69.5 Å². The van der Waals surface area contributed by atoms with Crippen molar-refractivity contribution in [2.75, 3.05) is 0 Å². The van der Waals surface area contributed by atoms with E-state index in [0.717, 1.165) is 11.1 Å². The quantitative estimate of drug-likeness (QED) is 0.560. The summed E-state index contributed by atoms with van der Waals surface area (Å²) in [4.78, 5) is 0. The van der Waals surface area contributed by atoms with E-state index in [1.165, 1.54) is 0 Å². The summed E-state index contributed by atoms with van der Waals surface area (Å²) >= 11 is 0. The first-order chi connectivity index (χ1) is 11.9. The van der Waals surface area contributed by atoms with Gasteiger partial charge in [0.1, 0.15) is 0 Å². The third-order valence-corrected chi connectivity index (χ3v) is 3.53. The lowest BCUT2D eigenvalue weighted by Gasteiger charge is -1.93. The van der Waals surface area contributed by atoms with Gasteiger partial charge in [0.05, 0.1) is 0 Å². The number of aryl methyl sites for hydroxylation is 2. The molecule has 0 atom stereocenters. The van der Waals surface area contributed by atoms with E-state index in [1.54, 1.807) is 0 Å². The van der Waals surface area contributed by atoms with Crippen LogP contribution in [0.25, 0.3) is 22.9 Å². The molecule has 2 heterocycles. The smallest absolute Gasteiger partial charge is 0.247 e. The molecule has 0 aliphatic heterocycles. The average molecular weight is 318 g/mol. The summed E-state index contributed by atoms with van der Waals surface area (Å²) in [5.74, 6) is 2.13. The lowest BCUT2D eigenvalue weighted by Crippen LogP contribution is -1.91. The fourth-order valence-electron chi connectivity index (χ4n) is 2.32. The molecule has 118 valence electrons. The van der Waals surface area contributed by atoms with E-state index < -0.39 is 0 Å². The molecule has 2 aromatic heterocycles. The molecule has 0 aliphatic rings. The van der Waals surface area contributed by atoms with E-state index in [2.05, 4.69) is 20.4 Å². The molecule has 0 saturated carbocycles.